The highest BCUT2D eigenvalue weighted by atomic mass is 16.5. The number of benzene rings is 1. The first kappa shape index (κ1) is 15.8. The van der Waals surface area contributed by atoms with Crippen molar-refractivity contribution in [3.05, 3.63) is 42.7 Å². The van der Waals surface area contributed by atoms with Crippen molar-refractivity contribution in [2.45, 2.75) is 32.4 Å². The van der Waals surface area contributed by atoms with E-state index in [2.05, 4.69) is 27.5 Å². The molecule has 4 rings (SSSR count). The number of carbonyl (C=O) groups is 1. The summed E-state index contributed by atoms with van der Waals surface area (Å²) in [6, 6.07) is 9.93. The first-order valence-electron chi connectivity index (χ1n) is 8.54. The molecule has 6 heteroatoms. The predicted molar refractivity (Wildman–Crippen MR) is 96.1 cm³/mol. The fourth-order valence-corrected chi connectivity index (χ4v) is 3.28. The molecule has 6 nitrogen and oxygen atoms in total. The van der Waals surface area contributed by atoms with E-state index in [0.29, 0.717) is 5.82 Å². The summed E-state index contributed by atoms with van der Waals surface area (Å²) in [7, 11) is 0. The van der Waals surface area contributed by atoms with Gasteiger partial charge in [-0.2, -0.15) is 5.10 Å². The standard InChI is InChI=1S/C19H20N4O2/c1-13(24)22-18-9-8-14(11-20-18)15-5-4-6-17-16(15)12-21-23(17)19-7-2-3-10-25-19/h4-6,8-9,11-12,19H,2-3,7,10H2,1H3,(H,20,22,24). The molecule has 1 amide bonds. The molecule has 0 spiro atoms. The molecule has 0 saturated carbocycles. The van der Waals surface area contributed by atoms with Crippen LogP contribution in [0, 0.1) is 0 Å². The normalized spacial score (nSPS) is 17.6. The van der Waals surface area contributed by atoms with Crippen molar-refractivity contribution in [2.24, 2.45) is 0 Å². The Morgan fingerprint density at radius 3 is 2.88 bits per heavy atom. The maximum atomic E-state index is 11.1. The summed E-state index contributed by atoms with van der Waals surface area (Å²) < 4.78 is 7.86. The number of hydrogen-bond acceptors (Lipinski definition) is 4. The van der Waals surface area contributed by atoms with Gasteiger partial charge in [0.05, 0.1) is 11.7 Å². The highest BCUT2D eigenvalue weighted by molar-refractivity contribution is 5.95. The van der Waals surface area contributed by atoms with E-state index < -0.39 is 0 Å². The van der Waals surface area contributed by atoms with Crippen molar-refractivity contribution in [1.29, 1.82) is 0 Å². The van der Waals surface area contributed by atoms with Crippen LogP contribution in [0.15, 0.2) is 42.7 Å². The second-order valence-electron chi connectivity index (χ2n) is 6.26. The van der Waals surface area contributed by atoms with E-state index in [0.717, 1.165) is 41.5 Å². The zero-order valence-corrected chi connectivity index (χ0v) is 14.1. The van der Waals surface area contributed by atoms with Crippen molar-refractivity contribution < 1.29 is 9.53 Å². The lowest BCUT2D eigenvalue weighted by atomic mass is 10.0. The maximum Gasteiger partial charge on any atom is 0.222 e. The number of nitrogens with zero attached hydrogens (tertiary/aromatic N) is 3. The number of rotatable bonds is 3. The molecule has 3 aromatic rings. The van der Waals surface area contributed by atoms with Gasteiger partial charge in [-0.1, -0.05) is 12.1 Å². The fourth-order valence-electron chi connectivity index (χ4n) is 3.28. The van der Waals surface area contributed by atoms with Gasteiger partial charge in [0, 0.05) is 30.7 Å². The summed E-state index contributed by atoms with van der Waals surface area (Å²) in [5.41, 5.74) is 3.13. The topological polar surface area (TPSA) is 69.0 Å². The number of hydrogen-bond donors (Lipinski definition) is 1. The quantitative estimate of drug-likeness (QED) is 0.791. The summed E-state index contributed by atoms with van der Waals surface area (Å²) in [4.78, 5) is 15.4. The zero-order valence-electron chi connectivity index (χ0n) is 14.1. The molecule has 2 aromatic heterocycles. The van der Waals surface area contributed by atoms with Crippen LogP contribution in [0.4, 0.5) is 5.82 Å². The van der Waals surface area contributed by atoms with Gasteiger partial charge >= 0.3 is 0 Å². The molecule has 3 heterocycles. The van der Waals surface area contributed by atoms with Crippen molar-refractivity contribution in [3.8, 4) is 11.1 Å². The molecule has 1 aromatic carbocycles. The molecule has 1 fully saturated rings. The van der Waals surface area contributed by atoms with Crippen molar-refractivity contribution in [3.63, 3.8) is 0 Å². The van der Waals surface area contributed by atoms with Crippen LogP contribution >= 0.6 is 0 Å². The second kappa shape index (κ2) is 6.64. The van der Waals surface area contributed by atoms with Crippen LogP contribution in [-0.2, 0) is 9.53 Å². The second-order valence-corrected chi connectivity index (χ2v) is 6.26. The van der Waals surface area contributed by atoms with Crippen molar-refractivity contribution >= 4 is 22.6 Å². The molecule has 1 aliphatic heterocycles. The molecule has 1 unspecified atom stereocenters. The van der Waals surface area contributed by atoms with Crippen LogP contribution in [0.1, 0.15) is 32.4 Å². The third-order valence-corrected chi connectivity index (χ3v) is 4.45. The van der Waals surface area contributed by atoms with Gasteiger partial charge in [-0.3, -0.25) is 4.79 Å². The lowest BCUT2D eigenvalue weighted by molar-refractivity contribution is -0.114. The van der Waals surface area contributed by atoms with Gasteiger partial charge in [0.1, 0.15) is 5.82 Å². The minimum atomic E-state index is -0.129. The molecule has 1 aliphatic rings. The first-order valence-corrected chi connectivity index (χ1v) is 8.54. The van der Waals surface area contributed by atoms with Crippen LogP contribution in [0.3, 0.4) is 0 Å². The minimum absolute atomic E-state index is 0.0155. The zero-order chi connectivity index (χ0) is 17.2. The third kappa shape index (κ3) is 3.13. The number of amides is 1. The summed E-state index contributed by atoms with van der Waals surface area (Å²) in [6.45, 7) is 2.26. The Hall–Kier alpha value is -2.73. The lowest BCUT2D eigenvalue weighted by Gasteiger charge is -2.23. The highest BCUT2D eigenvalue weighted by Gasteiger charge is 2.19. The Morgan fingerprint density at radius 1 is 1.24 bits per heavy atom. The summed E-state index contributed by atoms with van der Waals surface area (Å²) in [5, 5.41) is 8.34. The Kier molecular flexibility index (Phi) is 4.19. The number of nitrogens with one attached hydrogen (secondary N) is 1. The largest absolute Gasteiger partial charge is 0.356 e. The monoisotopic (exact) mass is 336 g/mol. The van der Waals surface area contributed by atoms with Crippen molar-refractivity contribution in [1.82, 2.24) is 14.8 Å². The van der Waals surface area contributed by atoms with E-state index in [4.69, 9.17) is 4.74 Å². The van der Waals surface area contributed by atoms with Gasteiger partial charge < -0.3 is 10.1 Å². The van der Waals surface area contributed by atoms with Crippen LogP contribution in [0.5, 0.6) is 0 Å². The first-order chi connectivity index (χ1) is 12.2. The average molecular weight is 336 g/mol. The molecule has 1 saturated heterocycles. The average Bonchev–Trinajstić information content (AvgIpc) is 3.07. The number of pyridine rings is 1. The lowest BCUT2D eigenvalue weighted by Crippen LogP contribution is -2.18. The smallest absolute Gasteiger partial charge is 0.222 e. The number of fused-ring (bicyclic) bond motifs is 1. The highest BCUT2D eigenvalue weighted by Crippen LogP contribution is 2.32. The minimum Gasteiger partial charge on any atom is -0.356 e. The van der Waals surface area contributed by atoms with Crippen LogP contribution in [0.25, 0.3) is 22.0 Å². The molecule has 1 N–H and O–H groups in total. The molecule has 0 bridgehead atoms. The van der Waals surface area contributed by atoms with Gasteiger partial charge in [-0.05, 0) is 43.0 Å². The van der Waals surface area contributed by atoms with E-state index in [1.165, 1.54) is 13.3 Å². The van der Waals surface area contributed by atoms with Gasteiger partial charge in [0.15, 0.2) is 6.23 Å². The van der Waals surface area contributed by atoms with Gasteiger partial charge in [0.25, 0.3) is 0 Å². The summed E-state index contributed by atoms with van der Waals surface area (Å²) >= 11 is 0. The molecule has 128 valence electrons. The maximum absolute atomic E-state index is 11.1. The van der Waals surface area contributed by atoms with E-state index in [1.807, 2.05) is 29.1 Å². The molecule has 0 radical (unpaired) electrons. The van der Waals surface area contributed by atoms with Crippen molar-refractivity contribution in [2.75, 3.05) is 11.9 Å². The SMILES string of the molecule is CC(=O)Nc1ccc(-c2cccc3c2cnn3C2CCCCO2)cn1. The Bertz CT molecular complexity index is 895. The molecular weight excluding hydrogens is 316 g/mol. The number of anilines is 1. The van der Waals surface area contributed by atoms with Gasteiger partial charge in [-0.15, -0.1) is 0 Å². The Balaban J connectivity index is 1.70. The van der Waals surface area contributed by atoms with Crippen LogP contribution < -0.4 is 5.32 Å². The third-order valence-electron chi connectivity index (χ3n) is 4.45. The fraction of sp³-hybridized carbons (Fsp3) is 0.316. The number of aromatic nitrogens is 3. The Labute approximate surface area is 145 Å². The molecule has 1 atom stereocenters. The van der Waals surface area contributed by atoms with E-state index in [9.17, 15) is 4.79 Å². The Morgan fingerprint density at radius 2 is 2.16 bits per heavy atom. The predicted octanol–water partition coefficient (Wildman–Crippen LogP) is 3.76. The summed E-state index contributed by atoms with van der Waals surface area (Å²) in [6.07, 6.45) is 6.96. The molecule has 25 heavy (non-hydrogen) atoms. The van der Waals surface area contributed by atoms with Gasteiger partial charge in [-0.25, -0.2) is 9.67 Å². The van der Waals surface area contributed by atoms with E-state index in [1.54, 1.807) is 6.20 Å². The number of ether oxygens (including phenoxy) is 1. The number of carbonyl (C=O) groups excluding carboxylic acids is 1. The van der Waals surface area contributed by atoms with E-state index >= 15 is 0 Å². The van der Waals surface area contributed by atoms with Crippen LogP contribution in [-0.4, -0.2) is 27.3 Å². The summed E-state index contributed by atoms with van der Waals surface area (Å²) in [5.74, 6) is 0.422. The van der Waals surface area contributed by atoms with Crippen LogP contribution in [0.2, 0.25) is 0 Å². The van der Waals surface area contributed by atoms with E-state index in [-0.39, 0.29) is 12.1 Å². The molecular formula is C19H20N4O2. The molecule has 0 aliphatic carbocycles. The van der Waals surface area contributed by atoms with Gasteiger partial charge in [0.2, 0.25) is 5.91 Å².